The molecule has 8 nitrogen and oxygen atoms in total. The lowest BCUT2D eigenvalue weighted by Gasteiger charge is -2.40. The van der Waals surface area contributed by atoms with E-state index in [-0.39, 0.29) is 4.31 Å². The highest BCUT2D eigenvalue weighted by molar-refractivity contribution is 7.93. The highest BCUT2D eigenvalue weighted by atomic mass is 32.2. The molecule has 0 aromatic carbocycles. The first-order chi connectivity index (χ1) is 6.07. The van der Waals surface area contributed by atoms with Gasteiger partial charge in [0.1, 0.15) is 6.04 Å². The Hall–Kier alpha value is -0.710. The maximum absolute atomic E-state index is 11.0. The van der Waals surface area contributed by atoms with Gasteiger partial charge in [-0.15, -0.1) is 0 Å². The molecule has 1 amide bonds. The minimum absolute atomic E-state index is 0.146. The maximum Gasteiger partial charge on any atom is 0.363 e. The molecule has 14 heavy (non-hydrogen) atoms. The van der Waals surface area contributed by atoms with Crippen molar-refractivity contribution in [1.82, 2.24) is 4.31 Å². The molecule has 2 atom stereocenters. The van der Waals surface area contributed by atoms with E-state index in [1.54, 1.807) is 0 Å². The second kappa shape index (κ2) is 2.89. The van der Waals surface area contributed by atoms with E-state index in [9.17, 15) is 21.6 Å². The number of hydrogen-bond acceptors (Lipinski definition) is 6. The van der Waals surface area contributed by atoms with Crippen molar-refractivity contribution in [1.29, 1.82) is 0 Å². The third kappa shape index (κ3) is 1.61. The van der Waals surface area contributed by atoms with Crippen molar-refractivity contribution in [3.63, 3.8) is 0 Å². The number of carbonyl (C=O) groups excluding carboxylic acids is 1. The van der Waals surface area contributed by atoms with Gasteiger partial charge < -0.3 is 5.73 Å². The summed E-state index contributed by atoms with van der Waals surface area (Å²) < 4.78 is 51.5. The van der Waals surface area contributed by atoms with Crippen molar-refractivity contribution in [3.05, 3.63) is 0 Å². The minimum Gasteiger partial charge on any atom is -0.317 e. The number of nitrogens with zero attached hydrogens (tertiary/aromatic N) is 1. The molecule has 0 unspecified atom stereocenters. The summed E-state index contributed by atoms with van der Waals surface area (Å²) in [4.78, 5) is 10.9. The summed E-state index contributed by atoms with van der Waals surface area (Å²) in [6.45, 7) is 0. The van der Waals surface area contributed by atoms with Gasteiger partial charge in [0.2, 0.25) is 0 Å². The molecule has 10 heteroatoms. The molecule has 0 saturated carbocycles. The summed E-state index contributed by atoms with van der Waals surface area (Å²) in [7, 11) is -8.70. The molecule has 1 aliphatic heterocycles. The fraction of sp³-hybridized carbons (Fsp3) is 0.750. The molecule has 3 N–H and O–H groups in total. The summed E-state index contributed by atoms with van der Waals surface area (Å²) in [5, 5.41) is -1.70. The Morgan fingerprint density at radius 1 is 1.36 bits per heavy atom. The lowest BCUT2D eigenvalue weighted by molar-refractivity contribution is -0.137. The van der Waals surface area contributed by atoms with Crippen molar-refractivity contribution in [2.45, 2.75) is 11.4 Å². The van der Waals surface area contributed by atoms with E-state index < -0.39 is 37.5 Å². The molecule has 1 rings (SSSR count). The SMILES string of the molecule is CS(=O)(=O)[C@H]1[C@@H](N)C(=O)N1S(=O)(=O)O. The minimum atomic E-state index is -4.86. The normalized spacial score (nSPS) is 28.8. The molecule has 0 radical (unpaired) electrons. The van der Waals surface area contributed by atoms with Gasteiger partial charge >= 0.3 is 10.3 Å². The molecular formula is C4H8N2O6S2. The Balaban J connectivity index is 3.17. The zero-order valence-electron chi connectivity index (χ0n) is 6.98. The molecule has 0 aliphatic carbocycles. The summed E-state index contributed by atoms with van der Waals surface area (Å²) >= 11 is 0. The first-order valence-corrected chi connectivity index (χ1v) is 6.67. The molecule has 1 saturated heterocycles. The van der Waals surface area contributed by atoms with Crippen LogP contribution in [-0.4, -0.2) is 49.3 Å². The Bertz CT molecular complexity index is 464. The van der Waals surface area contributed by atoms with Crippen LogP contribution >= 0.6 is 0 Å². The van der Waals surface area contributed by atoms with Gasteiger partial charge in [-0.2, -0.15) is 12.7 Å². The topological polar surface area (TPSA) is 135 Å². The maximum atomic E-state index is 11.0. The van der Waals surface area contributed by atoms with Crippen LogP contribution in [0.25, 0.3) is 0 Å². The van der Waals surface area contributed by atoms with Gasteiger partial charge in [-0.05, 0) is 0 Å². The van der Waals surface area contributed by atoms with Gasteiger partial charge in [-0.3, -0.25) is 9.35 Å². The monoisotopic (exact) mass is 244 g/mol. The number of nitrogens with two attached hydrogens (primary N) is 1. The third-order valence-electron chi connectivity index (χ3n) is 1.73. The molecule has 0 bridgehead atoms. The van der Waals surface area contributed by atoms with Crippen LogP contribution in [0.3, 0.4) is 0 Å². The first-order valence-electron chi connectivity index (χ1n) is 3.32. The van der Waals surface area contributed by atoms with Crippen molar-refractivity contribution >= 4 is 26.0 Å². The second-order valence-corrected chi connectivity index (χ2v) is 6.29. The van der Waals surface area contributed by atoms with E-state index in [0.29, 0.717) is 0 Å². The van der Waals surface area contributed by atoms with E-state index in [4.69, 9.17) is 10.3 Å². The molecular weight excluding hydrogens is 236 g/mol. The molecule has 1 heterocycles. The standard InChI is InChI=1S/C4H8N2O6S2/c1-13(8,9)4-2(5)3(7)6(4)14(10,11)12/h2,4H,5H2,1H3,(H,10,11,12)/t2-,4-/m0/s1. The van der Waals surface area contributed by atoms with Crippen LogP contribution < -0.4 is 5.73 Å². The molecule has 1 aliphatic rings. The number of β-lactam (4-membered cyclic amide) rings is 1. The number of rotatable bonds is 2. The average molecular weight is 244 g/mol. The first kappa shape index (κ1) is 11.4. The second-order valence-electron chi connectivity index (χ2n) is 2.86. The van der Waals surface area contributed by atoms with Gasteiger partial charge in [0.05, 0.1) is 0 Å². The molecule has 0 spiro atoms. The van der Waals surface area contributed by atoms with E-state index in [1.165, 1.54) is 0 Å². The molecule has 0 aromatic rings. The third-order valence-corrected chi connectivity index (χ3v) is 4.15. The Kier molecular flexibility index (Phi) is 2.34. The molecule has 1 fully saturated rings. The van der Waals surface area contributed by atoms with Crippen LogP contribution in [0.15, 0.2) is 0 Å². The summed E-state index contributed by atoms with van der Waals surface area (Å²) in [5.74, 6) is -1.14. The predicted octanol–water partition coefficient (Wildman–Crippen LogP) is -2.67. The Labute approximate surface area is 80.5 Å². The summed E-state index contributed by atoms with van der Waals surface area (Å²) in [5.41, 5.74) is 5.09. The zero-order chi connectivity index (χ0) is 11.3. The molecule has 82 valence electrons. The highest BCUT2D eigenvalue weighted by Gasteiger charge is 2.56. The predicted molar refractivity (Wildman–Crippen MR) is 45.0 cm³/mol. The van der Waals surface area contributed by atoms with Crippen LogP contribution in [-0.2, 0) is 24.9 Å². The largest absolute Gasteiger partial charge is 0.363 e. The van der Waals surface area contributed by atoms with Crippen LogP contribution in [0.5, 0.6) is 0 Å². The summed E-state index contributed by atoms with van der Waals surface area (Å²) in [6, 6.07) is -1.44. The number of hydrogen-bond donors (Lipinski definition) is 2. The van der Waals surface area contributed by atoms with E-state index in [2.05, 4.69) is 0 Å². The number of sulfone groups is 1. The van der Waals surface area contributed by atoms with E-state index in [1.807, 2.05) is 0 Å². The quantitative estimate of drug-likeness (QED) is 0.399. The highest BCUT2D eigenvalue weighted by Crippen LogP contribution is 2.25. The van der Waals surface area contributed by atoms with Crippen molar-refractivity contribution < 1.29 is 26.2 Å². The van der Waals surface area contributed by atoms with Gasteiger partial charge in [-0.25, -0.2) is 8.42 Å². The van der Waals surface area contributed by atoms with Crippen LogP contribution in [0.2, 0.25) is 0 Å². The van der Waals surface area contributed by atoms with Crippen LogP contribution in [0.4, 0.5) is 0 Å². The fourth-order valence-corrected chi connectivity index (χ4v) is 3.78. The van der Waals surface area contributed by atoms with E-state index in [0.717, 1.165) is 6.26 Å². The Morgan fingerprint density at radius 2 is 1.79 bits per heavy atom. The fourth-order valence-electron chi connectivity index (χ4n) is 1.14. The van der Waals surface area contributed by atoms with E-state index >= 15 is 0 Å². The lowest BCUT2D eigenvalue weighted by atomic mass is 10.2. The smallest absolute Gasteiger partial charge is 0.317 e. The van der Waals surface area contributed by atoms with Gasteiger partial charge in [0.15, 0.2) is 15.2 Å². The average Bonchev–Trinajstić information content (AvgIpc) is 1.93. The lowest BCUT2D eigenvalue weighted by Crippen LogP contribution is -2.72. The Morgan fingerprint density at radius 3 is 2.00 bits per heavy atom. The van der Waals surface area contributed by atoms with Crippen LogP contribution in [0, 0.1) is 0 Å². The van der Waals surface area contributed by atoms with Gasteiger partial charge in [-0.1, -0.05) is 0 Å². The van der Waals surface area contributed by atoms with Gasteiger partial charge in [0, 0.05) is 6.26 Å². The van der Waals surface area contributed by atoms with Crippen molar-refractivity contribution in [3.8, 4) is 0 Å². The van der Waals surface area contributed by atoms with Crippen molar-refractivity contribution in [2.75, 3.05) is 6.26 Å². The van der Waals surface area contributed by atoms with Crippen LogP contribution in [0.1, 0.15) is 0 Å². The molecule has 0 aromatic heterocycles. The summed E-state index contributed by atoms with van der Waals surface area (Å²) in [6.07, 6.45) is 0.724. The number of amides is 1. The zero-order valence-corrected chi connectivity index (χ0v) is 8.62. The van der Waals surface area contributed by atoms with Gasteiger partial charge in [0.25, 0.3) is 5.91 Å². The number of carbonyl (C=O) groups is 1. The van der Waals surface area contributed by atoms with Crippen molar-refractivity contribution in [2.24, 2.45) is 5.73 Å².